The van der Waals surface area contributed by atoms with Crippen LogP contribution in [0.15, 0.2) is 60.7 Å². The number of nitrogens with zero attached hydrogens (tertiary/aromatic N) is 2. The highest BCUT2D eigenvalue weighted by Gasteiger charge is 2.40. The van der Waals surface area contributed by atoms with Crippen LogP contribution in [0.5, 0.6) is 0 Å². The van der Waals surface area contributed by atoms with Crippen LogP contribution in [-0.4, -0.2) is 48.9 Å². The van der Waals surface area contributed by atoms with Crippen molar-refractivity contribution in [3.63, 3.8) is 0 Å². The molecule has 1 fully saturated rings. The van der Waals surface area contributed by atoms with E-state index < -0.39 is 0 Å². The number of carbonyl (C=O) groups excluding carboxylic acids is 1. The van der Waals surface area contributed by atoms with E-state index in [1.807, 2.05) is 30.0 Å². The molecule has 2 N–H and O–H groups in total. The topological polar surface area (TPSA) is 49.6 Å². The number of likely N-dealkylation sites (tertiary alicyclic amines) is 1. The monoisotopic (exact) mass is 379 g/mol. The molecule has 2 aromatic rings. The molecule has 0 bridgehead atoms. The van der Waals surface area contributed by atoms with Gasteiger partial charge in [0, 0.05) is 24.7 Å². The molecule has 0 spiro atoms. The van der Waals surface area contributed by atoms with Gasteiger partial charge in [-0.3, -0.25) is 9.69 Å². The molecule has 0 saturated carbocycles. The van der Waals surface area contributed by atoms with Gasteiger partial charge in [0.2, 0.25) is 5.91 Å². The summed E-state index contributed by atoms with van der Waals surface area (Å²) in [7, 11) is 4.29. The summed E-state index contributed by atoms with van der Waals surface area (Å²) >= 11 is 0. The van der Waals surface area contributed by atoms with Gasteiger partial charge in [0.25, 0.3) is 0 Å². The summed E-state index contributed by atoms with van der Waals surface area (Å²) in [6.07, 6.45) is 2.57. The van der Waals surface area contributed by atoms with Crippen molar-refractivity contribution in [1.29, 1.82) is 0 Å². The van der Waals surface area contributed by atoms with Gasteiger partial charge < -0.3 is 10.6 Å². The molecule has 2 atom stereocenters. The fourth-order valence-electron chi connectivity index (χ4n) is 4.44. The normalized spacial score (nSPS) is 18.7. The van der Waals surface area contributed by atoms with E-state index >= 15 is 0 Å². The van der Waals surface area contributed by atoms with Crippen LogP contribution in [0.3, 0.4) is 0 Å². The Bertz CT molecular complexity index is 750. The molecule has 1 amide bonds. The third-order valence-corrected chi connectivity index (χ3v) is 6.32. The van der Waals surface area contributed by atoms with E-state index in [0.29, 0.717) is 6.42 Å². The van der Waals surface area contributed by atoms with Crippen molar-refractivity contribution >= 4 is 5.91 Å². The summed E-state index contributed by atoms with van der Waals surface area (Å²) in [5.41, 5.74) is 8.72. The van der Waals surface area contributed by atoms with Crippen LogP contribution >= 0.6 is 0 Å². The maximum atomic E-state index is 13.3. The van der Waals surface area contributed by atoms with Crippen LogP contribution in [0, 0.1) is 5.92 Å². The molecule has 0 aliphatic carbocycles. The predicted molar refractivity (Wildman–Crippen MR) is 115 cm³/mol. The number of nitrogens with two attached hydrogens (primary N) is 1. The Balaban J connectivity index is 1.72. The molecule has 1 aliphatic rings. The number of amides is 1. The van der Waals surface area contributed by atoms with E-state index in [4.69, 9.17) is 5.73 Å². The molecular formula is C24H33N3O. The van der Waals surface area contributed by atoms with Gasteiger partial charge >= 0.3 is 0 Å². The average Bonchev–Trinajstić information content (AvgIpc) is 2.72. The molecule has 0 aromatic heterocycles. The van der Waals surface area contributed by atoms with Crippen LogP contribution < -0.4 is 5.73 Å². The second-order valence-corrected chi connectivity index (χ2v) is 8.27. The number of piperidine rings is 1. The van der Waals surface area contributed by atoms with Crippen molar-refractivity contribution in [2.75, 3.05) is 27.2 Å². The van der Waals surface area contributed by atoms with E-state index in [1.54, 1.807) is 0 Å². The molecule has 28 heavy (non-hydrogen) atoms. The van der Waals surface area contributed by atoms with E-state index in [9.17, 15) is 4.79 Å². The van der Waals surface area contributed by atoms with Gasteiger partial charge in [-0.15, -0.1) is 0 Å². The molecule has 1 heterocycles. The summed E-state index contributed by atoms with van der Waals surface area (Å²) in [4.78, 5) is 17.6. The van der Waals surface area contributed by atoms with Crippen molar-refractivity contribution < 1.29 is 4.79 Å². The van der Waals surface area contributed by atoms with Crippen molar-refractivity contribution in [3.05, 3.63) is 71.8 Å². The zero-order valence-corrected chi connectivity index (χ0v) is 17.3. The lowest BCUT2D eigenvalue weighted by Crippen LogP contribution is -2.54. The van der Waals surface area contributed by atoms with E-state index in [2.05, 4.69) is 61.5 Å². The SMILES string of the molecule is C[C@H](N)[C@H](Cc1ccccc1)C(=O)N1CCC(c2ccccc2)(N(C)C)CC1. The minimum absolute atomic E-state index is 0.0126. The fourth-order valence-corrected chi connectivity index (χ4v) is 4.44. The zero-order chi connectivity index (χ0) is 20.1. The highest BCUT2D eigenvalue weighted by atomic mass is 16.2. The van der Waals surface area contributed by atoms with Crippen molar-refractivity contribution in [2.45, 2.75) is 37.8 Å². The first-order valence-corrected chi connectivity index (χ1v) is 10.3. The number of hydrogen-bond donors (Lipinski definition) is 1. The molecular weight excluding hydrogens is 346 g/mol. The summed E-state index contributed by atoms with van der Waals surface area (Å²) in [5.74, 6) is 0.0188. The van der Waals surface area contributed by atoms with Crippen LogP contribution in [0.1, 0.15) is 30.9 Å². The number of benzene rings is 2. The Morgan fingerprint density at radius 2 is 1.57 bits per heavy atom. The lowest BCUT2D eigenvalue weighted by atomic mass is 9.79. The van der Waals surface area contributed by atoms with E-state index in [1.165, 1.54) is 11.1 Å². The summed E-state index contributed by atoms with van der Waals surface area (Å²) in [5, 5.41) is 0. The smallest absolute Gasteiger partial charge is 0.227 e. The van der Waals surface area contributed by atoms with Crippen LogP contribution in [0.4, 0.5) is 0 Å². The summed E-state index contributed by atoms with van der Waals surface area (Å²) in [6.45, 7) is 3.48. The fraction of sp³-hybridized carbons (Fsp3) is 0.458. The van der Waals surface area contributed by atoms with Gasteiger partial charge in [-0.2, -0.15) is 0 Å². The maximum absolute atomic E-state index is 13.3. The minimum atomic E-state index is -0.175. The van der Waals surface area contributed by atoms with Gasteiger partial charge in [0.1, 0.15) is 0 Å². The standard InChI is InChI=1S/C24H33N3O/c1-19(25)22(18-20-10-6-4-7-11-20)23(28)27-16-14-24(15-17-27,26(2)3)21-12-8-5-9-13-21/h4-13,19,22H,14-18,25H2,1-3H3/t19-,22-/m0/s1. The lowest BCUT2D eigenvalue weighted by molar-refractivity contribution is -0.138. The highest BCUT2D eigenvalue weighted by Crippen LogP contribution is 2.37. The molecule has 4 heteroatoms. The van der Waals surface area contributed by atoms with Crippen LogP contribution in [0.2, 0.25) is 0 Å². The number of carbonyl (C=O) groups is 1. The molecule has 3 rings (SSSR count). The van der Waals surface area contributed by atoms with Gasteiger partial charge in [0.15, 0.2) is 0 Å². The molecule has 1 saturated heterocycles. The van der Waals surface area contributed by atoms with Crippen LogP contribution in [-0.2, 0) is 16.8 Å². The number of rotatable bonds is 6. The second-order valence-electron chi connectivity index (χ2n) is 8.27. The first-order chi connectivity index (χ1) is 13.4. The van der Waals surface area contributed by atoms with Gasteiger partial charge in [0.05, 0.1) is 5.92 Å². The third-order valence-electron chi connectivity index (χ3n) is 6.32. The zero-order valence-electron chi connectivity index (χ0n) is 17.3. The van der Waals surface area contributed by atoms with Gasteiger partial charge in [-0.25, -0.2) is 0 Å². The second kappa shape index (κ2) is 8.89. The molecule has 0 radical (unpaired) electrons. The Morgan fingerprint density at radius 1 is 1.04 bits per heavy atom. The van der Waals surface area contributed by atoms with Crippen molar-refractivity contribution in [3.8, 4) is 0 Å². The summed E-state index contributed by atoms with van der Waals surface area (Å²) < 4.78 is 0. The largest absolute Gasteiger partial charge is 0.342 e. The van der Waals surface area contributed by atoms with Gasteiger partial charge in [-0.1, -0.05) is 60.7 Å². The number of hydrogen-bond acceptors (Lipinski definition) is 3. The van der Waals surface area contributed by atoms with Crippen molar-refractivity contribution in [2.24, 2.45) is 11.7 Å². The third kappa shape index (κ3) is 4.29. The Labute approximate surface area is 169 Å². The first-order valence-electron chi connectivity index (χ1n) is 10.3. The first kappa shape index (κ1) is 20.6. The Hall–Kier alpha value is -2.17. The molecule has 4 nitrogen and oxygen atoms in total. The Kier molecular flexibility index (Phi) is 6.53. The van der Waals surface area contributed by atoms with Crippen LogP contribution in [0.25, 0.3) is 0 Å². The maximum Gasteiger partial charge on any atom is 0.227 e. The molecule has 150 valence electrons. The lowest BCUT2D eigenvalue weighted by Gasteiger charge is -2.47. The minimum Gasteiger partial charge on any atom is -0.342 e. The molecule has 1 aliphatic heterocycles. The van der Waals surface area contributed by atoms with Gasteiger partial charge in [-0.05, 0) is 51.4 Å². The summed E-state index contributed by atoms with van der Waals surface area (Å²) in [6, 6.07) is 20.7. The Morgan fingerprint density at radius 3 is 2.07 bits per heavy atom. The van der Waals surface area contributed by atoms with Crippen molar-refractivity contribution in [1.82, 2.24) is 9.80 Å². The molecule has 0 unspecified atom stereocenters. The van der Waals surface area contributed by atoms with E-state index in [0.717, 1.165) is 25.9 Å². The molecule has 2 aromatic carbocycles. The highest BCUT2D eigenvalue weighted by molar-refractivity contribution is 5.80. The predicted octanol–water partition coefficient (Wildman–Crippen LogP) is 3.27. The average molecular weight is 380 g/mol. The quantitative estimate of drug-likeness (QED) is 0.838. The van der Waals surface area contributed by atoms with E-state index in [-0.39, 0.29) is 23.4 Å².